The van der Waals surface area contributed by atoms with Crippen molar-refractivity contribution in [2.24, 2.45) is 0 Å². The van der Waals surface area contributed by atoms with Crippen molar-refractivity contribution in [1.82, 2.24) is 0 Å². The number of ketones is 1. The highest BCUT2D eigenvalue weighted by Gasteiger charge is 2.18. The summed E-state index contributed by atoms with van der Waals surface area (Å²) >= 11 is 4.52. The minimum atomic E-state index is -1.03. The molecule has 0 atom stereocenters. The van der Waals surface area contributed by atoms with Crippen molar-refractivity contribution in [3.05, 3.63) is 69.0 Å². The molecule has 0 saturated heterocycles. The zero-order valence-corrected chi connectivity index (χ0v) is 13.1. The van der Waals surface area contributed by atoms with Gasteiger partial charge in [-0.2, -0.15) is 0 Å². The van der Waals surface area contributed by atoms with Crippen LogP contribution < -0.4 is 0 Å². The number of fused-ring (bicyclic) bond motifs is 1. The molecule has 1 aromatic heterocycles. The summed E-state index contributed by atoms with van der Waals surface area (Å²) in [6.07, 6.45) is 0.160. The van der Waals surface area contributed by atoms with Gasteiger partial charge in [-0.3, -0.25) is 4.79 Å². The van der Waals surface area contributed by atoms with Gasteiger partial charge in [0.05, 0.1) is 4.47 Å². The predicted octanol–water partition coefficient (Wildman–Crippen LogP) is 5.37. The molecule has 0 N–H and O–H groups in total. The Labute approximate surface area is 132 Å². The molecule has 0 aliphatic carbocycles. The van der Waals surface area contributed by atoms with E-state index in [-0.39, 0.29) is 22.2 Å². The predicted molar refractivity (Wildman–Crippen MR) is 83.9 cm³/mol. The van der Waals surface area contributed by atoms with E-state index in [0.29, 0.717) is 0 Å². The summed E-state index contributed by atoms with van der Waals surface area (Å²) in [5, 5.41) is 2.95. The summed E-state index contributed by atoms with van der Waals surface area (Å²) in [5.41, 5.74) is 1.06. The molecule has 0 unspecified atom stereocenters. The normalized spacial score (nSPS) is 11.0. The Bertz CT molecular complexity index is 841. The molecule has 3 rings (SSSR count). The number of carbonyl (C=O) groups excluding carboxylic acids is 1. The van der Waals surface area contributed by atoms with Crippen LogP contribution in [0.4, 0.5) is 8.78 Å². The molecule has 1 heterocycles. The van der Waals surface area contributed by atoms with E-state index in [1.807, 2.05) is 29.6 Å². The van der Waals surface area contributed by atoms with Crippen LogP contribution in [0.15, 0.2) is 46.3 Å². The second-order valence-electron chi connectivity index (χ2n) is 4.58. The van der Waals surface area contributed by atoms with E-state index in [4.69, 9.17) is 0 Å². The molecule has 0 bridgehead atoms. The summed E-state index contributed by atoms with van der Waals surface area (Å²) < 4.78 is 27.6. The molecule has 0 amide bonds. The third-order valence-electron chi connectivity index (χ3n) is 3.25. The van der Waals surface area contributed by atoms with Crippen LogP contribution in [0.5, 0.6) is 0 Å². The Kier molecular flexibility index (Phi) is 3.87. The third-order valence-corrected chi connectivity index (χ3v) is 5.04. The monoisotopic (exact) mass is 366 g/mol. The van der Waals surface area contributed by atoms with E-state index < -0.39 is 11.6 Å². The number of hydrogen-bond donors (Lipinski definition) is 0. The standard InChI is InChI=1S/C16H9BrF2OS/c17-15-11(5-6-12(18)16(15)19)13(20)7-9-8-21-14-4-2-1-3-10(9)14/h1-6,8H,7H2. The van der Waals surface area contributed by atoms with Crippen molar-refractivity contribution in [2.45, 2.75) is 6.42 Å². The van der Waals surface area contributed by atoms with Crippen LogP contribution in [0.3, 0.4) is 0 Å². The number of benzene rings is 2. The van der Waals surface area contributed by atoms with Gasteiger partial charge in [0.25, 0.3) is 0 Å². The fourth-order valence-electron chi connectivity index (χ4n) is 2.18. The fraction of sp³-hybridized carbons (Fsp3) is 0.0625. The van der Waals surface area contributed by atoms with E-state index in [0.717, 1.165) is 21.7 Å². The van der Waals surface area contributed by atoms with Gasteiger partial charge in [0.1, 0.15) is 0 Å². The second-order valence-corrected chi connectivity index (χ2v) is 6.28. The summed E-state index contributed by atoms with van der Waals surface area (Å²) in [7, 11) is 0. The van der Waals surface area contributed by atoms with Gasteiger partial charge in [-0.1, -0.05) is 18.2 Å². The number of thiophene rings is 1. The van der Waals surface area contributed by atoms with Crippen LogP contribution in [-0.2, 0) is 6.42 Å². The Balaban J connectivity index is 1.95. The minimum Gasteiger partial charge on any atom is -0.294 e. The third kappa shape index (κ3) is 2.63. The second kappa shape index (κ2) is 5.66. The van der Waals surface area contributed by atoms with Crippen LogP contribution in [-0.4, -0.2) is 5.78 Å². The van der Waals surface area contributed by atoms with E-state index >= 15 is 0 Å². The van der Waals surface area contributed by atoms with Crippen LogP contribution in [0.1, 0.15) is 15.9 Å². The SMILES string of the molecule is O=C(Cc1csc2ccccc12)c1ccc(F)c(F)c1Br. The molecule has 0 spiro atoms. The Hall–Kier alpha value is -1.59. The average molecular weight is 367 g/mol. The zero-order chi connectivity index (χ0) is 15.0. The first-order chi connectivity index (χ1) is 10.1. The van der Waals surface area contributed by atoms with Crippen molar-refractivity contribution < 1.29 is 13.6 Å². The first-order valence-electron chi connectivity index (χ1n) is 6.19. The molecular weight excluding hydrogens is 358 g/mol. The Morgan fingerprint density at radius 1 is 1.14 bits per heavy atom. The summed E-state index contributed by atoms with van der Waals surface area (Å²) in [6.45, 7) is 0. The lowest BCUT2D eigenvalue weighted by Gasteiger charge is -2.05. The zero-order valence-electron chi connectivity index (χ0n) is 10.7. The molecule has 1 nitrogen and oxygen atoms in total. The van der Waals surface area contributed by atoms with Crippen LogP contribution in [0.2, 0.25) is 0 Å². The molecule has 2 aromatic carbocycles. The molecule has 0 aliphatic rings. The van der Waals surface area contributed by atoms with Crippen molar-refractivity contribution in [3.63, 3.8) is 0 Å². The number of Topliss-reactive ketones (excluding diaryl/α,β-unsaturated/α-hetero) is 1. The van der Waals surface area contributed by atoms with Crippen LogP contribution in [0.25, 0.3) is 10.1 Å². The molecule has 5 heteroatoms. The van der Waals surface area contributed by atoms with Gasteiger partial charge in [0, 0.05) is 16.7 Å². The lowest BCUT2D eigenvalue weighted by atomic mass is 10.0. The van der Waals surface area contributed by atoms with Crippen LogP contribution in [0, 0.1) is 11.6 Å². The molecule has 0 aliphatic heterocycles. The molecule has 0 fully saturated rings. The maximum atomic E-state index is 13.5. The van der Waals surface area contributed by atoms with Crippen molar-refractivity contribution in [3.8, 4) is 0 Å². The van der Waals surface area contributed by atoms with Gasteiger partial charge in [-0.25, -0.2) is 8.78 Å². The van der Waals surface area contributed by atoms with E-state index in [1.54, 1.807) is 11.3 Å². The Morgan fingerprint density at radius 2 is 1.90 bits per heavy atom. The quantitative estimate of drug-likeness (QED) is 0.450. The highest BCUT2D eigenvalue weighted by molar-refractivity contribution is 9.10. The number of hydrogen-bond acceptors (Lipinski definition) is 2. The van der Waals surface area contributed by atoms with Gasteiger partial charge in [0.15, 0.2) is 17.4 Å². The van der Waals surface area contributed by atoms with E-state index in [1.165, 1.54) is 6.07 Å². The van der Waals surface area contributed by atoms with E-state index in [2.05, 4.69) is 15.9 Å². The lowest BCUT2D eigenvalue weighted by Crippen LogP contribution is -2.06. The lowest BCUT2D eigenvalue weighted by molar-refractivity contribution is 0.0992. The fourth-order valence-corrected chi connectivity index (χ4v) is 3.68. The van der Waals surface area contributed by atoms with Crippen molar-refractivity contribution in [1.29, 1.82) is 0 Å². The summed E-state index contributed by atoms with van der Waals surface area (Å²) in [6, 6.07) is 10.1. The first kappa shape index (κ1) is 14.4. The van der Waals surface area contributed by atoms with Gasteiger partial charge in [-0.15, -0.1) is 11.3 Å². The highest BCUT2D eigenvalue weighted by Crippen LogP contribution is 2.29. The maximum absolute atomic E-state index is 13.5. The topological polar surface area (TPSA) is 17.1 Å². The largest absolute Gasteiger partial charge is 0.294 e. The highest BCUT2D eigenvalue weighted by atomic mass is 79.9. The number of rotatable bonds is 3. The minimum absolute atomic E-state index is 0.118. The number of carbonyl (C=O) groups is 1. The maximum Gasteiger partial charge on any atom is 0.173 e. The first-order valence-corrected chi connectivity index (χ1v) is 7.87. The molecule has 3 aromatic rings. The smallest absolute Gasteiger partial charge is 0.173 e. The molecule has 21 heavy (non-hydrogen) atoms. The molecule has 0 radical (unpaired) electrons. The van der Waals surface area contributed by atoms with Gasteiger partial charge < -0.3 is 0 Å². The van der Waals surface area contributed by atoms with Crippen LogP contribution >= 0.6 is 27.3 Å². The average Bonchev–Trinajstić information content (AvgIpc) is 2.88. The summed E-state index contributed by atoms with van der Waals surface area (Å²) in [4.78, 5) is 12.3. The van der Waals surface area contributed by atoms with Crippen molar-refractivity contribution in [2.75, 3.05) is 0 Å². The molecular formula is C16H9BrF2OS. The number of halogens is 3. The van der Waals surface area contributed by atoms with Gasteiger partial charge in [0.2, 0.25) is 0 Å². The molecule has 106 valence electrons. The van der Waals surface area contributed by atoms with Gasteiger partial charge >= 0.3 is 0 Å². The van der Waals surface area contributed by atoms with E-state index in [9.17, 15) is 13.6 Å². The van der Waals surface area contributed by atoms with Gasteiger partial charge in [-0.05, 0) is 50.5 Å². The molecule has 0 saturated carbocycles. The summed E-state index contributed by atoms with van der Waals surface area (Å²) in [5.74, 6) is -2.25. The Morgan fingerprint density at radius 3 is 2.71 bits per heavy atom. The van der Waals surface area contributed by atoms with Crippen molar-refractivity contribution >= 4 is 43.1 Å².